The highest BCUT2D eigenvalue weighted by Crippen LogP contribution is 2.18. The van der Waals surface area contributed by atoms with Gasteiger partial charge in [-0.15, -0.1) is 0 Å². The molecule has 0 fully saturated rings. The zero-order valence-corrected chi connectivity index (χ0v) is 9.92. The van der Waals surface area contributed by atoms with Gasteiger partial charge >= 0.3 is 11.6 Å². The zero-order chi connectivity index (χ0) is 11.8. The molecule has 0 aliphatic carbocycles. The quantitative estimate of drug-likeness (QED) is 0.579. The summed E-state index contributed by atoms with van der Waals surface area (Å²) < 4.78 is 10.0. The molecule has 17 heavy (non-hydrogen) atoms. The number of rotatable bonds is 1. The smallest absolute Gasteiger partial charge is 0.393 e. The highest BCUT2D eigenvalue weighted by molar-refractivity contribution is 5.70. The van der Waals surface area contributed by atoms with E-state index in [0.29, 0.717) is 0 Å². The molecule has 3 rings (SSSR count). The van der Waals surface area contributed by atoms with Crippen molar-refractivity contribution in [1.82, 2.24) is 0 Å². The second-order valence-corrected chi connectivity index (χ2v) is 4.13. The molecule has 84 valence electrons. The fraction of sp³-hybridized carbons (Fsp3) is 0.143. The lowest BCUT2D eigenvalue weighted by Gasteiger charge is -1.91. The molecule has 0 unspecified atom stereocenters. The van der Waals surface area contributed by atoms with Gasteiger partial charge < -0.3 is 4.42 Å². The summed E-state index contributed by atoms with van der Waals surface area (Å²) in [7, 11) is 4.04. The molecule has 0 saturated carbocycles. The number of hydrogen-bond donors (Lipinski definition) is 0. The van der Waals surface area contributed by atoms with Crippen molar-refractivity contribution in [3.8, 4) is 11.6 Å². The van der Waals surface area contributed by atoms with Crippen LogP contribution in [0.15, 0.2) is 53.1 Å². The largest absolute Gasteiger partial charge is 0.448 e. The first kappa shape index (κ1) is 10.0. The molecular weight excluding hydrogens is 212 g/mol. The third-order valence-corrected chi connectivity index (χ3v) is 3.01. The van der Waals surface area contributed by atoms with E-state index in [1.54, 1.807) is 0 Å². The van der Waals surface area contributed by atoms with Gasteiger partial charge in [-0.2, -0.15) is 9.13 Å². The van der Waals surface area contributed by atoms with E-state index in [4.69, 9.17) is 4.42 Å². The van der Waals surface area contributed by atoms with Crippen LogP contribution in [0, 0.1) is 0 Å². The number of hydrogen-bond acceptors (Lipinski definition) is 1. The molecule has 0 saturated heterocycles. The van der Waals surface area contributed by atoms with Crippen molar-refractivity contribution in [2.45, 2.75) is 0 Å². The molecule has 0 aliphatic heterocycles. The Morgan fingerprint density at radius 2 is 1.71 bits per heavy atom. The van der Waals surface area contributed by atoms with Crippen molar-refractivity contribution < 1.29 is 13.6 Å². The van der Waals surface area contributed by atoms with Crippen LogP contribution in [0.1, 0.15) is 0 Å². The molecule has 3 aromatic rings. The zero-order valence-electron chi connectivity index (χ0n) is 9.92. The summed E-state index contributed by atoms with van der Waals surface area (Å²) in [6, 6.07) is 14.1. The normalized spacial score (nSPS) is 10.9. The number of aryl methyl sites for hydroxylation is 2. The van der Waals surface area contributed by atoms with Crippen molar-refractivity contribution in [2.75, 3.05) is 0 Å². The molecule has 3 heteroatoms. The Labute approximate surface area is 99.6 Å². The molecule has 0 atom stereocenters. The lowest BCUT2D eigenvalue weighted by atomic mass is 10.3. The van der Waals surface area contributed by atoms with Gasteiger partial charge in [0.15, 0.2) is 6.20 Å². The average Bonchev–Trinajstić information content (AvgIpc) is 2.68. The van der Waals surface area contributed by atoms with Crippen LogP contribution in [0.4, 0.5) is 0 Å². The van der Waals surface area contributed by atoms with Crippen molar-refractivity contribution in [3.05, 3.63) is 48.7 Å². The first-order valence-corrected chi connectivity index (χ1v) is 5.60. The molecular formula is C14H14N2O+2. The molecule has 2 heterocycles. The first-order valence-electron chi connectivity index (χ1n) is 5.60. The van der Waals surface area contributed by atoms with Crippen molar-refractivity contribution in [3.63, 3.8) is 0 Å². The number of fused-ring (bicyclic) bond motifs is 1. The van der Waals surface area contributed by atoms with Gasteiger partial charge in [-0.05, 0) is 12.1 Å². The van der Waals surface area contributed by atoms with Gasteiger partial charge in [0.25, 0.3) is 5.52 Å². The summed E-state index contributed by atoms with van der Waals surface area (Å²) in [5.74, 6) is 0.870. The summed E-state index contributed by atoms with van der Waals surface area (Å²) in [6.45, 7) is 0. The standard InChI is InChI=1S/C14H14N2O/c1-15-10-6-5-8-12(15)14-16(2)11-7-3-4-9-13(11)17-14/h3-10H,1-2H3/q+2. The van der Waals surface area contributed by atoms with Crippen molar-refractivity contribution >= 4 is 11.1 Å². The summed E-state index contributed by atoms with van der Waals surface area (Å²) in [5.41, 5.74) is 3.08. The predicted molar refractivity (Wildman–Crippen MR) is 64.0 cm³/mol. The van der Waals surface area contributed by atoms with Gasteiger partial charge in [-0.25, -0.2) is 0 Å². The van der Waals surface area contributed by atoms with E-state index < -0.39 is 0 Å². The van der Waals surface area contributed by atoms with E-state index in [-0.39, 0.29) is 0 Å². The molecule has 0 N–H and O–H groups in total. The molecule has 2 aromatic heterocycles. The minimum atomic E-state index is 0.870. The Morgan fingerprint density at radius 3 is 2.47 bits per heavy atom. The Hall–Kier alpha value is -2.16. The number of aromatic nitrogens is 2. The fourth-order valence-corrected chi connectivity index (χ4v) is 2.07. The summed E-state index contributed by atoms with van der Waals surface area (Å²) >= 11 is 0. The third kappa shape index (κ3) is 1.51. The highest BCUT2D eigenvalue weighted by Gasteiger charge is 2.26. The van der Waals surface area contributed by atoms with E-state index in [1.165, 1.54) is 0 Å². The Balaban J connectivity index is 2.32. The SMILES string of the molecule is C[n+]1ccccc1-c1oc2ccccc2[n+]1C. The van der Waals surface area contributed by atoms with E-state index in [2.05, 4.69) is 21.3 Å². The lowest BCUT2D eigenvalue weighted by Crippen LogP contribution is -2.36. The van der Waals surface area contributed by atoms with Crippen LogP contribution in [0.3, 0.4) is 0 Å². The third-order valence-electron chi connectivity index (χ3n) is 3.01. The van der Waals surface area contributed by atoms with E-state index >= 15 is 0 Å². The molecule has 0 amide bonds. The molecule has 3 nitrogen and oxygen atoms in total. The maximum absolute atomic E-state index is 5.91. The Bertz CT molecular complexity index is 686. The molecule has 0 spiro atoms. The van der Waals surface area contributed by atoms with E-state index in [1.807, 2.05) is 50.6 Å². The van der Waals surface area contributed by atoms with Gasteiger partial charge in [0.05, 0.1) is 0 Å². The second-order valence-electron chi connectivity index (χ2n) is 4.13. The van der Waals surface area contributed by atoms with E-state index in [0.717, 1.165) is 22.7 Å². The predicted octanol–water partition coefficient (Wildman–Crippen LogP) is 1.75. The minimum absolute atomic E-state index is 0.870. The molecule has 0 aliphatic rings. The highest BCUT2D eigenvalue weighted by atomic mass is 16.4. The number of oxazole rings is 1. The van der Waals surface area contributed by atoms with Crippen molar-refractivity contribution in [1.29, 1.82) is 0 Å². The monoisotopic (exact) mass is 226 g/mol. The van der Waals surface area contributed by atoms with Gasteiger partial charge in [-0.1, -0.05) is 12.1 Å². The first-order chi connectivity index (χ1) is 8.27. The molecule has 1 aromatic carbocycles. The summed E-state index contributed by atoms with van der Waals surface area (Å²) in [6.07, 6.45) is 2.02. The Kier molecular flexibility index (Phi) is 2.18. The topological polar surface area (TPSA) is 20.9 Å². The maximum atomic E-state index is 5.91. The maximum Gasteiger partial charge on any atom is 0.448 e. The van der Waals surface area contributed by atoms with Crippen LogP contribution in [-0.2, 0) is 14.1 Å². The van der Waals surface area contributed by atoms with Crippen LogP contribution in [0.2, 0.25) is 0 Å². The van der Waals surface area contributed by atoms with Crippen molar-refractivity contribution in [2.24, 2.45) is 14.1 Å². The van der Waals surface area contributed by atoms with Crippen LogP contribution in [0.25, 0.3) is 22.7 Å². The number of nitrogens with zero attached hydrogens (tertiary/aromatic N) is 2. The Morgan fingerprint density at radius 1 is 0.941 bits per heavy atom. The van der Waals surface area contributed by atoms with Crippen LogP contribution < -0.4 is 9.13 Å². The van der Waals surface area contributed by atoms with Gasteiger partial charge in [0, 0.05) is 18.2 Å². The summed E-state index contributed by atoms with van der Waals surface area (Å²) in [4.78, 5) is 0. The minimum Gasteiger partial charge on any atom is -0.393 e. The van der Waals surface area contributed by atoms with E-state index in [9.17, 15) is 0 Å². The second kappa shape index (κ2) is 3.70. The molecule has 0 radical (unpaired) electrons. The van der Waals surface area contributed by atoms with Crippen LogP contribution >= 0.6 is 0 Å². The summed E-state index contributed by atoms with van der Waals surface area (Å²) in [5, 5.41) is 0. The van der Waals surface area contributed by atoms with Gasteiger partial charge in [0.1, 0.15) is 14.1 Å². The van der Waals surface area contributed by atoms with Gasteiger partial charge in [0.2, 0.25) is 5.58 Å². The lowest BCUT2D eigenvalue weighted by molar-refractivity contribution is -0.682. The number of benzene rings is 1. The van der Waals surface area contributed by atoms with Gasteiger partial charge in [-0.3, -0.25) is 0 Å². The van der Waals surface area contributed by atoms with Crippen LogP contribution in [-0.4, -0.2) is 0 Å². The molecule has 0 bridgehead atoms. The van der Waals surface area contributed by atoms with Crippen LogP contribution in [0.5, 0.6) is 0 Å². The fourth-order valence-electron chi connectivity index (χ4n) is 2.07. The number of para-hydroxylation sites is 2. The average molecular weight is 226 g/mol. The number of pyridine rings is 1.